The Kier molecular flexibility index (Phi) is 3.97. The van der Waals surface area contributed by atoms with Gasteiger partial charge in [-0.15, -0.1) is 0 Å². The molecular formula is C15H22N4O. The van der Waals surface area contributed by atoms with Gasteiger partial charge in [-0.1, -0.05) is 26.8 Å². The van der Waals surface area contributed by atoms with E-state index in [1.54, 1.807) is 0 Å². The standard InChI is InChI=1S/C15H22N4O/c1-10-18-12-6-5-11(7-13(12)19-10)8-16-14(20)17-9-15(2,3)4/h5-7H,8-9H2,1-4H3,(H,18,19)(H2,16,17,20). The number of hydrogen-bond acceptors (Lipinski definition) is 2. The topological polar surface area (TPSA) is 69.8 Å². The maximum Gasteiger partial charge on any atom is 0.315 e. The van der Waals surface area contributed by atoms with E-state index in [1.165, 1.54) is 0 Å². The number of aryl methyl sites for hydroxylation is 1. The first-order valence-corrected chi connectivity index (χ1v) is 6.80. The minimum atomic E-state index is -0.138. The van der Waals surface area contributed by atoms with E-state index >= 15 is 0 Å². The van der Waals surface area contributed by atoms with Gasteiger partial charge in [0, 0.05) is 13.1 Å². The fourth-order valence-electron chi connectivity index (χ4n) is 1.88. The molecule has 1 aromatic carbocycles. The van der Waals surface area contributed by atoms with Crippen molar-refractivity contribution >= 4 is 17.1 Å². The summed E-state index contributed by atoms with van der Waals surface area (Å²) in [6, 6.07) is 5.82. The smallest absolute Gasteiger partial charge is 0.315 e. The average molecular weight is 274 g/mol. The number of H-pyrrole nitrogens is 1. The normalized spacial score (nSPS) is 11.6. The van der Waals surface area contributed by atoms with Crippen LogP contribution in [0.1, 0.15) is 32.2 Å². The van der Waals surface area contributed by atoms with E-state index in [9.17, 15) is 4.79 Å². The fourth-order valence-corrected chi connectivity index (χ4v) is 1.88. The van der Waals surface area contributed by atoms with Crippen molar-refractivity contribution in [2.45, 2.75) is 34.2 Å². The average Bonchev–Trinajstić information content (AvgIpc) is 2.72. The first-order valence-electron chi connectivity index (χ1n) is 6.80. The molecule has 2 aromatic rings. The molecule has 5 heteroatoms. The molecule has 108 valence electrons. The highest BCUT2D eigenvalue weighted by atomic mass is 16.2. The van der Waals surface area contributed by atoms with Crippen molar-refractivity contribution in [3.8, 4) is 0 Å². The molecule has 2 rings (SSSR count). The van der Waals surface area contributed by atoms with Gasteiger partial charge >= 0.3 is 6.03 Å². The molecular weight excluding hydrogens is 252 g/mol. The van der Waals surface area contributed by atoms with E-state index in [2.05, 4.69) is 41.4 Å². The van der Waals surface area contributed by atoms with Gasteiger partial charge < -0.3 is 15.6 Å². The lowest BCUT2D eigenvalue weighted by atomic mass is 9.97. The number of carbonyl (C=O) groups is 1. The van der Waals surface area contributed by atoms with E-state index in [4.69, 9.17) is 0 Å². The fraction of sp³-hybridized carbons (Fsp3) is 0.467. The van der Waals surface area contributed by atoms with Crippen molar-refractivity contribution in [2.75, 3.05) is 6.54 Å². The summed E-state index contributed by atoms with van der Waals surface area (Å²) >= 11 is 0. The van der Waals surface area contributed by atoms with Gasteiger partial charge in [-0.2, -0.15) is 0 Å². The molecule has 0 spiro atoms. The Hall–Kier alpha value is -2.04. The number of carbonyl (C=O) groups excluding carboxylic acids is 1. The number of nitrogens with zero attached hydrogens (tertiary/aromatic N) is 1. The van der Waals surface area contributed by atoms with Crippen molar-refractivity contribution in [1.82, 2.24) is 20.6 Å². The summed E-state index contributed by atoms with van der Waals surface area (Å²) in [7, 11) is 0. The minimum Gasteiger partial charge on any atom is -0.342 e. The largest absolute Gasteiger partial charge is 0.342 e. The van der Waals surface area contributed by atoms with Gasteiger partial charge in [-0.3, -0.25) is 0 Å². The molecule has 0 atom stereocenters. The second-order valence-corrected chi connectivity index (χ2v) is 6.27. The third-order valence-corrected chi connectivity index (χ3v) is 2.90. The molecule has 0 bridgehead atoms. The Bertz CT molecular complexity index is 610. The van der Waals surface area contributed by atoms with Crippen molar-refractivity contribution in [3.05, 3.63) is 29.6 Å². The number of aromatic nitrogens is 2. The van der Waals surface area contributed by atoms with Crippen LogP contribution in [0.3, 0.4) is 0 Å². The van der Waals surface area contributed by atoms with Crippen molar-refractivity contribution < 1.29 is 4.79 Å². The highest BCUT2D eigenvalue weighted by Gasteiger charge is 2.11. The van der Waals surface area contributed by atoms with Crippen LogP contribution in [0, 0.1) is 12.3 Å². The van der Waals surface area contributed by atoms with E-state index in [1.807, 2.05) is 25.1 Å². The number of rotatable bonds is 3. The maximum atomic E-state index is 11.7. The van der Waals surface area contributed by atoms with Crippen LogP contribution in [-0.2, 0) is 6.54 Å². The third-order valence-electron chi connectivity index (χ3n) is 2.90. The van der Waals surface area contributed by atoms with Crippen molar-refractivity contribution in [2.24, 2.45) is 5.41 Å². The van der Waals surface area contributed by atoms with Crippen LogP contribution in [0.15, 0.2) is 18.2 Å². The van der Waals surface area contributed by atoms with Crippen LogP contribution >= 0.6 is 0 Å². The molecule has 0 unspecified atom stereocenters. The van der Waals surface area contributed by atoms with E-state index in [-0.39, 0.29) is 11.4 Å². The summed E-state index contributed by atoms with van der Waals surface area (Å²) in [6.45, 7) is 9.34. The number of urea groups is 1. The van der Waals surface area contributed by atoms with Gasteiger partial charge in [-0.05, 0) is 30.0 Å². The summed E-state index contributed by atoms with van der Waals surface area (Å²) in [6.07, 6.45) is 0. The number of imidazole rings is 1. The number of fused-ring (bicyclic) bond motifs is 1. The van der Waals surface area contributed by atoms with E-state index in [0.29, 0.717) is 13.1 Å². The number of amides is 2. The van der Waals surface area contributed by atoms with Gasteiger partial charge in [0.15, 0.2) is 0 Å². The minimum absolute atomic E-state index is 0.0870. The Morgan fingerprint density at radius 2 is 2.05 bits per heavy atom. The van der Waals surface area contributed by atoms with Crippen LogP contribution in [0.25, 0.3) is 11.0 Å². The predicted octanol–water partition coefficient (Wildman–Crippen LogP) is 2.72. The zero-order chi connectivity index (χ0) is 14.8. The molecule has 0 aliphatic carbocycles. The van der Waals surface area contributed by atoms with Crippen LogP contribution < -0.4 is 10.6 Å². The van der Waals surface area contributed by atoms with Crippen molar-refractivity contribution in [3.63, 3.8) is 0 Å². The quantitative estimate of drug-likeness (QED) is 0.805. The summed E-state index contributed by atoms with van der Waals surface area (Å²) in [5, 5.41) is 5.72. The van der Waals surface area contributed by atoms with Gasteiger partial charge in [0.2, 0.25) is 0 Å². The van der Waals surface area contributed by atoms with Gasteiger partial charge in [-0.25, -0.2) is 9.78 Å². The lowest BCUT2D eigenvalue weighted by Gasteiger charge is -2.18. The number of benzene rings is 1. The van der Waals surface area contributed by atoms with Gasteiger partial charge in [0.25, 0.3) is 0 Å². The maximum absolute atomic E-state index is 11.7. The molecule has 0 saturated carbocycles. The van der Waals surface area contributed by atoms with Crippen LogP contribution in [0.2, 0.25) is 0 Å². The molecule has 0 aliphatic rings. The van der Waals surface area contributed by atoms with Crippen LogP contribution in [0.5, 0.6) is 0 Å². The molecule has 0 radical (unpaired) electrons. The van der Waals surface area contributed by atoms with Crippen LogP contribution in [0.4, 0.5) is 4.79 Å². The molecule has 0 fully saturated rings. The number of hydrogen-bond donors (Lipinski definition) is 3. The van der Waals surface area contributed by atoms with E-state index < -0.39 is 0 Å². The Morgan fingerprint density at radius 3 is 2.75 bits per heavy atom. The monoisotopic (exact) mass is 274 g/mol. The van der Waals surface area contributed by atoms with Crippen molar-refractivity contribution in [1.29, 1.82) is 0 Å². The summed E-state index contributed by atoms with van der Waals surface area (Å²) in [5.74, 6) is 0.896. The summed E-state index contributed by atoms with van der Waals surface area (Å²) in [4.78, 5) is 19.2. The Balaban J connectivity index is 1.90. The molecule has 1 heterocycles. The highest BCUT2D eigenvalue weighted by Crippen LogP contribution is 2.13. The molecule has 5 nitrogen and oxygen atoms in total. The molecule has 1 aromatic heterocycles. The summed E-state index contributed by atoms with van der Waals surface area (Å²) in [5.41, 5.74) is 3.08. The third kappa shape index (κ3) is 3.98. The zero-order valence-electron chi connectivity index (χ0n) is 12.5. The zero-order valence-corrected chi connectivity index (χ0v) is 12.5. The molecule has 0 aliphatic heterocycles. The first-order chi connectivity index (χ1) is 9.33. The second kappa shape index (κ2) is 5.53. The molecule has 2 amide bonds. The number of aromatic amines is 1. The van der Waals surface area contributed by atoms with Gasteiger partial charge in [0.05, 0.1) is 11.0 Å². The second-order valence-electron chi connectivity index (χ2n) is 6.27. The molecule has 3 N–H and O–H groups in total. The van der Waals surface area contributed by atoms with E-state index in [0.717, 1.165) is 22.4 Å². The molecule has 20 heavy (non-hydrogen) atoms. The number of nitrogens with one attached hydrogen (secondary N) is 3. The Labute approximate surface area is 119 Å². The lowest BCUT2D eigenvalue weighted by molar-refractivity contribution is 0.235. The lowest BCUT2D eigenvalue weighted by Crippen LogP contribution is -2.39. The first kappa shape index (κ1) is 14.4. The predicted molar refractivity (Wildman–Crippen MR) is 80.5 cm³/mol. The Morgan fingerprint density at radius 1 is 1.30 bits per heavy atom. The summed E-state index contributed by atoms with van der Waals surface area (Å²) < 4.78 is 0. The van der Waals surface area contributed by atoms with Gasteiger partial charge in [0.1, 0.15) is 5.82 Å². The van der Waals surface area contributed by atoms with Crippen LogP contribution in [-0.4, -0.2) is 22.5 Å². The highest BCUT2D eigenvalue weighted by molar-refractivity contribution is 5.76. The SMILES string of the molecule is Cc1nc2ccc(CNC(=O)NCC(C)(C)C)cc2[nH]1. The molecule has 0 saturated heterocycles.